The van der Waals surface area contributed by atoms with Gasteiger partial charge in [0.15, 0.2) is 0 Å². The molecule has 1 aliphatic heterocycles. The first-order valence-corrected chi connectivity index (χ1v) is 7.64. The Kier molecular flexibility index (Phi) is 6.02. The second-order valence-electron chi connectivity index (χ2n) is 5.29. The fraction of sp³-hybridized carbons (Fsp3) is 0.562. The van der Waals surface area contributed by atoms with Crippen LogP contribution in [0.25, 0.3) is 0 Å². The van der Waals surface area contributed by atoms with Crippen molar-refractivity contribution in [3.05, 3.63) is 29.8 Å². The quantitative estimate of drug-likeness (QED) is 0.856. The minimum absolute atomic E-state index is 0.176. The van der Waals surface area contributed by atoms with Crippen LogP contribution in [0.2, 0.25) is 0 Å². The molecule has 0 unspecified atom stereocenters. The van der Waals surface area contributed by atoms with Crippen molar-refractivity contribution in [2.45, 2.75) is 19.9 Å². The average molecular weight is 291 g/mol. The van der Waals surface area contributed by atoms with Gasteiger partial charge in [-0.2, -0.15) is 0 Å². The number of morpholine rings is 1. The molecule has 1 fully saturated rings. The Labute approximate surface area is 126 Å². The number of carbonyl (C=O) groups is 1. The average Bonchev–Trinajstić information content (AvgIpc) is 2.55. The highest BCUT2D eigenvalue weighted by molar-refractivity contribution is 5.81. The molecule has 1 amide bonds. The number of ether oxygens (including phenoxy) is 1. The van der Waals surface area contributed by atoms with E-state index in [0.29, 0.717) is 39.4 Å². The van der Waals surface area contributed by atoms with Gasteiger partial charge in [-0.25, -0.2) is 0 Å². The molecule has 2 N–H and O–H groups in total. The van der Waals surface area contributed by atoms with E-state index in [1.807, 2.05) is 29.2 Å². The molecule has 0 radical (unpaired) electrons. The van der Waals surface area contributed by atoms with E-state index in [0.717, 1.165) is 24.2 Å². The van der Waals surface area contributed by atoms with Gasteiger partial charge in [-0.1, -0.05) is 19.1 Å². The van der Waals surface area contributed by atoms with Crippen LogP contribution < -0.4 is 10.6 Å². The van der Waals surface area contributed by atoms with E-state index in [2.05, 4.69) is 11.8 Å². The van der Waals surface area contributed by atoms with Gasteiger partial charge in [-0.3, -0.25) is 4.79 Å². The number of hydrogen-bond donors (Lipinski definition) is 1. The Morgan fingerprint density at radius 1 is 1.29 bits per heavy atom. The van der Waals surface area contributed by atoms with E-state index < -0.39 is 0 Å². The second-order valence-corrected chi connectivity index (χ2v) is 5.29. The third-order valence-corrected chi connectivity index (χ3v) is 3.72. The summed E-state index contributed by atoms with van der Waals surface area (Å²) in [6.07, 6.45) is 1.01. The Morgan fingerprint density at radius 3 is 2.52 bits per heavy atom. The third-order valence-electron chi connectivity index (χ3n) is 3.72. The summed E-state index contributed by atoms with van der Waals surface area (Å²) in [5.41, 5.74) is 7.81. The van der Waals surface area contributed by atoms with Crippen molar-refractivity contribution in [1.29, 1.82) is 0 Å². The molecule has 2 rings (SSSR count). The molecule has 0 bridgehead atoms. The Morgan fingerprint density at radius 2 is 1.95 bits per heavy atom. The van der Waals surface area contributed by atoms with E-state index in [4.69, 9.17) is 10.5 Å². The largest absolute Gasteiger partial charge is 0.378 e. The minimum atomic E-state index is 0.176. The fourth-order valence-electron chi connectivity index (χ4n) is 2.49. The SMILES string of the molecule is CCCN(CC(=O)N1CCOCC1)c1ccc(CN)cc1. The number of rotatable bonds is 6. The molecule has 0 atom stereocenters. The fourth-order valence-corrected chi connectivity index (χ4v) is 2.49. The predicted molar refractivity (Wildman–Crippen MR) is 84.2 cm³/mol. The lowest BCUT2D eigenvalue weighted by atomic mass is 10.2. The lowest BCUT2D eigenvalue weighted by Gasteiger charge is -2.31. The summed E-state index contributed by atoms with van der Waals surface area (Å²) in [4.78, 5) is 16.4. The highest BCUT2D eigenvalue weighted by Crippen LogP contribution is 2.16. The van der Waals surface area contributed by atoms with Crippen LogP contribution in [-0.2, 0) is 16.1 Å². The highest BCUT2D eigenvalue weighted by atomic mass is 16.5. The first kappa shape index (κ1) is 15.8. The maximum absolute atomic E-state index is 12.4. The zero-order valence-corrected chi connectivity index (χ0v) is 12.8. The van der Waals surface area contributed by atoms with Gasteiger partial charge in [-0.15, -0.1) is 0 Å². The minimum Gasteiger partial charge on any atom is -0.378 e. The van der Waals surface area contributed by atoms with Gasteiger partial charge in [0, 0.05) is 31.9 Å². The molecule has 0 saturated carbocycles. The smallest absolute Gasteiger partial charge is 0.242 e. The molecule has 1 aromatic rings. The monoisotopic (exact) mass is 291 g/mol. The van der Waals surface area contributed by atoms with Crippen LogP contribution >= 0.6 is 0 Å². The number of hydrogen-bond acceptors (Lipinski definition) is 4. The third kappa shape index (κ3) is 4.44. The van der Waals surface area contributed by atoms with Crippen LogP contribution in [0.1, 0.15) is 18.9 Å². The summed E-state index contributed by atoms with van der Waals surface area (Å²) in [5, 5.41) is 0. The summed E-state index contributed by atoms with van der Waals surface area (Å²) < 4.78 is 5.29. The van der Waals surface area contributed by atoms with Crippen LogP contribution in [-0.4, -0.2) is 50.2 Å². The molecule has 1 heterocycles. The number of anilines is 1. The lowest BCUT2D eigenvalue weighted by Crippen LogP contribution is -2.46. The summed E-state index contributed by atoms with van der Waals surface area (Å²) >= 11 is 0. The molecule has 5 heteroatoms. The van der Waals surface area contributed by atoms with Crippen molar-refractivity contribution >= 4 is 11.6 Å². The Bertz CT molecular complexity index is 441. The van der Waals surface area contributed by atoms with Crippen LogP contribution in [0.15, 0.2) is 24.3 Å². The van der Waals surface area contributed by atoms with Crippen LogP contribution in [0, 0.1) is 0 Å². The van der Waals surface area contributed by atoms with Crippen LogP contribution in [0.5, 0.6) is 0 Å². The maximum atomic E-state index is 12.4. The number of carbonyl (C=O) groups excluding carboxylic acids is 1. The van der Waals surface area contributed by atoms with Crippen molar-refractivity contribution in [3.8, 4) is 0 Å². The van der Waals surface area contributed by atoms with Crippen molar-refractivity contribution < 1.29 is 9.53 Å². The lowest BCUT2D eigenvalue weighted by molar-refractivity contribution is -0.133. The number of benzene rings is 1. The normalized spacial score (nSPS) is 15.0. The Balaban J connectivity index is 2.01. The highest BCUT2D eigenvalue weighted by Gasteiger charge is 2.19. The molecule has 1 aliphatic rings. The van der Waals surface area contributed by atoms with Gasteiger partial charge < -0.3 is 20.3 Å². The van der Waals surface area contributed by atoms with Gasteiger partial charge in [0.05, 0.1) is 19.8 Å². The zero-order chi connectivity index (χ0) is 15.1. The van der Waals surface area contributed by atoms with Gasteiger partial charge in [0.25, 0.3) is 0 Å². The molecule has 1 saturated heterocycles. The molecule has 0 aromatic heterocycles. The molecule has 5 nitrogen and oxygen atoms in total. The first-order chi connectivity index (χ1) is 10.2. The molecule has 116 valence electrons. The molecular formula is C16H25N3O2. The van der Waals surface area contributed by atoms with E-state index >= 15 is 0 Å². The van der Waals surface area contributed by atoms with E-state index in [1.165, 1.54) is 0 Å². The molecular weight excluding hydrogens is 266 g/mol. The second kappa shape index (κ2) is 8.00. The van der Waals surface area contributed by atoms with Crippen LogP contribution in [0.3, 0.4) is 0 Å². The summed E-state index contributed by atoms with van der Waals surface area (Å²) in [7, 11) is 0. The van der Waals surface area contributed by atoms with Crippen molar-refractivity contribution in [3.63, 3.8) is 0 Å². The summed E-state index contributed by atoms with van der Waals surface area (Å²) in [5.74, 6) is 0.176. The number of amides is 1. The van der Waals surface area contributed by atoms with E-state index in [1.54, 1.807) is 0 Å². The first-order valence-electron chi connectivity index (χ1n) is 7.64. The number of nitrogens with zero attached hydrogens (tertiary/aromatic N) is 2. The maximum Gasteiger partial charge on any atom is 0.242 e. The molecule has 0 spiro atoms. The van der Waals surface area contributed by atoms with Gasteiger partial charge in [0.1, 0.15) is 0 Å². The summed E-state index contributed by atoms with van der Waals surface area (Å²) in [6.45, 7) is 6.65. The van der Waals surface area contributed by atoms with E-state index in [-0.39, 0.29) is 5.91 Å². The van der Waals surface area contributed by atoms with Gasteiger partial charge in [0.2, 0.25) is 5.91 Å². The van der Waals surface area contributed by atoms with Crippen LogP contribution in [0.4, 0.5) is 5.69 Å². The van der Waals surface area contributed by atoms with Crippen molar-refractivity contribution in [1.82, 2.24) is 4.90 Å². The van der Waals surface area contributed by atoms with Crippen molar-refractivity contribution in [2.24, 2.45) is 5.73 Å². The predicted octanol–water partition coefficient (Wildman–Crippen LogP) is 1.22. The molecule has 1 aromatic carbocycles. The van der Waals surface area contributed by atoms with Crippen molar-refractivity contribution in [2.75, 3.05) is 44.3 Å². The van der Waals surface area contributed by atoms with E-state index in [9.17, 15) is 4.79 Å². The zero-order valence-electron chi connectivity index (χ0n) is 12.8. The van der Waals surface area contributed by atoms with Gasteiger partial charge in [-0.05, 0) is 24.1 Å². The Hall–Kier alpha value is -1.59. The topological polar surface area (TPSA) is 58.8 Å². The molecule has 21 heavy (non-hydrogen) atoms. The number of nitrogens with two attached hydrogens (primary N) is 1. The standard InChI is InChI=1S/C16H25N3O2/c1-2-7-19(15-5-3-14(12-17)4-6-15)13-16(20)18-8-10-21-11-9-18/h3-6H,2,7-13,17H2,1H3. The summed E-state index contributed by atoms with van der Waals surface area (Å²) in [6, 6.07) is 8.14. The molecule has 0 aliphatic carbocycles. The van der Waals surface area contributed by atoms with Gasteiger partial charge >= 0.3 is 0 Å².